The summed E-state index contributed by atoms with van der Waals surface area (Å²) in [6.45, 7) is 8.74. The van der Waals surface area contributed by atoms with Crippen LogP contribution < -0.4 is 5.32 Å². The van der Waals surface area contributed by atoms with Crippen molar-refractivity contribution >= 4 is 0 Å². The molecular weight excluding hydrogens is 222 g/mol. The molecule has 1 fully saturated rings. The van der Waals surface area contributed by atoms with E-state index in [-0.39, 0.29) is 0 Å². The van der Waals surface area contributed by atoms with Crippen molar-refractivity contribution < 1.29 is 4.42 Å². The van der Waals surface area contributed by atoms with Crippen LogP contribution in [-0.2, 0) is 6.54 Å². The largest absolute Gasteiger partial charge is 0.465 e. The lowest BCUT2D eigenvalue weighted by molar-refractivity contribution is 0.219. The van der Waals surface area contributed by atoms with E-state index >= 15 is 0 Å². The zero-order valence-corrected chi connectivity index (χ0v) is 12.0. The molecule has 102 valence electrons. The second kappa shape index (κ2) is 6.42. The average molecular weight is 249 g/mol. The summed E-state index contributed by atoms with van der Waals surface area (Å²) in [6, 6.07) is 4.10. The number of nitrogens with one attached hydrogen (secondary N) is 1. The van der Waals surface area contributed by atoms with E-state index < -0.39 is 0 Å². The number of hydrogen-bond acceptors (Lipinski definition) is 2. The Morgan fingerprint density at radius 3 is 2.50 bits per heavy atom. The van der Waals surface area contributed by atoms with Crippen LogP contribution in [0.3, 0.4) is 0 Å². The van der Waals surface area contributed by atoms with E-state index in [0.717, 1.165) is 42.4 Å². The van der Waals surface area contributed by atoms with Crippen LogP contribution in [0.2, 0.25) is 0 Å². The summed E-state index contributed by atoms with van der Waals surface area (Å²) in [7, 11) is 0. The van der Waals surface area contributed by atoms with E-state index in [2.05, 4.69) is 25.2 Å². The highest BCUT2D eigenvalue weighted by Gasteiger charge is 2.22. The molecule has 1 N–H and O–H groups in total. The Balaban J connectivity index is 1.63. The minimum Gasteiger partial charge on any atom is -0.465 e. The number of aryl methyl sites for hydroxylation is 1. The fourth-order valence-corrected chi connectivity index (χ4v) is 3.04. The first-order valence-electron chi connectivity index (χ1n) is 7.41. The van der Waals surface area contributed by atoms with E-state index in [0.29, 0.717) is 0 Å². The monoisotopic (exact) mass is 249 g/mol. The second-order valence-corrected chi connectivity index (χ2v) is 6.17. The third-order valence-electron chi connectivity index (χ3n) is 4.36. The maximum atomic E-state index is 5.56. The van der Waals surface area contributed by atoms with E-state index in [9.17, 15) is 0 Å². The average Bonchev–Trinajstić information content (AvgIpc) is 2.76. The molecular formula is C16H27NO. The lowest BCUT2D eigenvalue weighted by Crippen LogP contribution is -2.27. The van der Waals surface area contributed by atoms with Crippen LogP contribution in [0, 0.1) is 24.7 Å². The first-order valence-corrected chi connectivity index (χ1v) is 7.41. The third kappa shape index (κ3) is 3.88. The van der Waals surface area contributed by atoms with Gasteiger partial charge >= 0.3 is 0 Å². The molecule has 0 aromatic carbocycles. The normalized spacial score (nSPS) is 24.7. The van der Waals surface area contributed by atoms with Gasteiger partial charge in [-0.2, -0.15) is 0 Å². The van der Waals surface area contributed by atoms with Crippen molar-refractivity contribution in [2.45, 2.75) is 53.0 Å². The zero-order valence-electron chi connectivity index (χ0n) is 12.0. The molecule has 1 heterocycles. The Morgan fingerprint density at radius 1 is 1.22 bits per heavy atom. The van der Waals surface area contributed by atoms with Gasteiger partial charge in [0.15, 0.2) is 0 Å². The molecule has 0 atom stereocenters. The van der Waals surface area contributed by atoms with Gasteiger partial charge in [-0.05, 0) is 69.0 Å². The molecule has 0 spiro atoms. The van der Waals surface area contributed by atoms with Gasteiger partial charge in [-0.1, -0.05) is 13.8 Å². The van der Waals surface area contributed by atoms with Crippen molar-refractivity contribution in [2.75, 3.05) is 6.54 Å². The van der Waals surface area contributed by atoms with Gasteiger partial charge in [0.25, 0.3) is 0 Å². The molecule has 1 saturated carbocycles. The topological polar surface area (TPSA) is 25.2 Å². The fraction of sp³-hybridized carbons (Fsp3) is 0.750. The Hall–Kier alpha value is -0.760. The van der Waals surface area contributed by atoms with Crippen molar-refractivity contribution in [3.05, 3.63) is 23.7 Å². The van der Waals surface area contributed by atoms with Gasteiger partial charge < -0.3 is 9.73 Å². The molecule has 2 rings (SSSR count). The van der Waals surface area contributed by atoms with E-state index in [1.54, 1.807) is 0 Å². The van der Waals surface area contributed by atoms with Crippen molar-refractivity contribution in [3.63, 3.8) is 0 Å². The van der Waals surface area contributed by atoms with Crippen LogP contribution in [0.25, 0.3) is 0 Å². The summed E-state index contributed by atoms with van der Waals surface area (Å²) >= 11 is 0. The van der Waals surface area contributed by atoms with Crippen molar-refractivity contribution in [1.29, 1.82) is 0 Å². The summed E-state index contributed by atoms with van der Waals surface area (Å²) in [5.41, 5.74) is 0. The highest BCUT2D eigenvalue weighted by atomic mass is 16.3. The number of rotatable bonds is 5. The summed E-state index contributed by atoms with van der Waals surface area (Å²) in [5.74, 6) is 4.77. The maximum Gasteiger partial charge on any atom is 0.117 e. The molecule has 0 aliphatic heterocycles. The standard InChI is InChI=1S/C16H27NO/c1-12(2)15-7-5-14(6-8-15)10-17-11-16-9-4-13(3)18-16/h4,9,12,14-15,17H,5-8,10-11H2,1-3H3. The van der Waals surface area contributed by atoms with Gasteiger partial charge in [0.1, 0.15) is 11.5 Å². The summed E-state index contributed by atoms with van der Waals surface area (Å²) in [5, 5.41) is 3.54. The fourth-order valence-electron chi connectivity index (χ4n) is 3.04. The summed E-state index contributed by atoms with van der Waals surface area (Å²) < 4.78 is 5.56. The van der Waals surface area contributed by atoms with Crippen molar-refractivity contribution in [3.8, 4) is 0 Å². The zero-order chi connectivity index (χ0) is 13.0. The SMILES string of the molecule is Cc1ccc(CNCC2CCC(C(C)C)CC2)o1. The van der Waals surface area contributed by atoms with Crippen LogP contribution in [-0.4, -0.2) is 6.54 Å². The lowest BCUT2D eigenvalue weighted by atomic mass is 9.77. The third-order valence-corrected chi connectivity index (χ3v) is 4.36. The predicted octanol–water partition coefficient (Wildman–Crippen LogP) is 4.14. The first kappa shape index (κ1) is 13.7. The molecule has 0 bridgehead atoms. The van der Waals surface area contributed by atoms with Crippen LogP contribution in [0.4, 0.5) is 0 Å². The van der Waals surface area contributed by atoms with Crippen molar-refractivity contribution in [2.24, 2.45) is 17.8 Å². The predicted molar refractivity (Wildman–Crippen MR) is 75.4 cm³/mol. The Labute approximate surface area is 111 Å². The van der Waals surface area contributed by atoms with E-state index in [1.807, 2.05) is 13.0 Å². The molecule has 1 aromatic heterocycles. The van der Waals surface area contributed by atoms with Gasteiger partial charge in [0, 0.05) is 0 Å². The smallest absolute Gasteiger partial charge is 0.117 e. The molecule has 0 radical (unpaired) electrons. The van der Waals surface area contributed by atoms with E-state index in [4.69, 9.17) is 4.42 Å². The number of hydrogen-bond donors (Lipinski definition) is 1. The molecule has 0 unspecified atom stereocenters. The molecule has 0 amide bonds. The molecule has 0 saturated heterocycles. The minimum absolute atomic E-state index is 0.866. The summed E-state index contributed by atoms with van der Waals surface area (Å²) in [6.07, 6.45) is 5.63. The van der Waals surface area contributed by atoms with Crippen LogP contribution >= 0.6 is 0 Å². The molecule has 18 heavy (non-hydrogen) atoms. The van der Waals surface area contributed by atoms with Gasteiger partial charge in [-0.3, -0.25) is 0 Å². The Bertz CT molecular complexity index is 348. The molecule has 2 heteroatoms. The molecule has 2 nitrogen and oxygen atoms in total. The second-order valence-electron chi connectivity index (χ2n) is 6.17. The van der Waals surface area contributed by atoms with Gasteiger partial charge in [-0.25, -0.2) is 0 Å². The first-order chi connectivity index (χ1) is 8.65. The van der Waals surface area contributed by atoms with Crippen LogP contribution in [0.5, 0.6) is 0 Å². The molecule has 1 aliphatic rings. The van der Waals surface area contributed by atoms with Gasteiger partial charge in [-0.15, -0.1) is 0 Å². The molecule has 1 aromatic rings. The van der Waals surface area contributed by atoms with Gasteiger partial charge in [0.2, 0.25) is 0 Å². The number of furan rings is 1. The van der Waals surface area contributed by atoms with Crippen molar-refractivity contribution in [1.82, 2.24) is 5.32 Å². The highest BCUT2D eigenvalue weighted by Crippen LogP contribution is 2.32. The quantitative estimate of drug-likeness (QED) is 0.848. The summed E-state index contributed by atoms with van der Waals surface area (Å²) in [4.78, 5) is 0. The van der Waals surface area contributed by atoms with Crippen LogP contribution in [0.1, 0.15) is 51.1 Å². The Morgan fingerprint density at radius 2 is 1.94 bits per heavy atom. The van der Waals surface area contributed by atoms with E-state index in [1.165, 1.54) is 25.7 Å². The maximum absolute atomic E-state index is 5.56. The Kier molecular flexibility index (Phi) is 4.87. The molecule has 1 aliphatic carbocycles. The highest BCUT2D eigenvalue weighted by molar-refractivity contribution is 5.05. The van der Waals surface area contributed by atoms with Crippen LogP contribution in [0.15, 0.2) is 16.5 Å². The van der Waals surface area contributed by atoms with Gasteiger partial charge in [0.05, 0.1) is 6.54 Å². The lowest BCUT2D eigenvalue weighted by Gasteiger charge is -2.30. The minimum atomic E-state index is 0.866.